The maximum Gasteiger partial charge on any atom is 0.471 e. The molecule has 338 valence electrons. The number of benzene rings is 3. The van der Waals surface area contributed by atoms with E-state index in [0.717, 1.165) is 0 Å². The van der Waals surface area contributed by atoms with Crippen molar-refractivity contribution in [1.29, 1.82) is 0 Å². The summed E-state index contributed by atoms with van der Waals surface area (Å²) < 4.78 is 40.5. The standard InChI is InChI=1S/C45H52NO15P.2Ac/c1-25-30(60-40(50)26(2)34(27-15-9-6-10-16-27)46-39(49)28-17-11-7-12-18-28)22-45(53)38(61-41(51)29-19-13-8-14-20-29)36-43(5,37(48)35(47)33(25)42(45,3)4)31(58-24-59-62(54,55)56)21-32-44(36,52)23-57-32;;/h6-20,26,30-32,34-36,38,47,52-53H,21-24H2,1-5H3,(H,46,49)(H2,54,55,56);;/t26-,30?,31?,32?,34?,35?,36?,38?,43-,44+,45?;;/m1../s1. The first-order valence-corrected chi connectivity index (χ1v) is 21.9. The number of fused-ring (bicyclic) bond motifs is 5. The molecule has 1 saturated heterocycles. The number of carbonyl (C=O) groups excluding carboxylic acids is 4. The second-order valence-electron chi connectivity index (χ2n) is 17.4. The second-order valence-corrected chi connectivity index (χ2v) is 18.7. The van der Waals surface area contributed by atoms with Gasteiger partial charge in [0, 0.05) is 118 Å². The molecule has 7 rings (SSSR count). The Balaban J connectivity index is 0.00000385. The predicted octanol–water partition coefficient (Wildman–Crippen LogP) is 3.96. The van der Waals surface area contributed by atoms with Crippen LogP contribution in [0.2, 0.25) is 0 Å². The van der Waals surface area contributed by atoms with Crippen molar-refractivity contribution >= 4 is 31.5 Å². The summed E-state index contributed by atoms with van der Waals surface area (Å²) in [6, 6.07) is 24.2. The first-order valence-electron chi connectivity index (χ1n) is 20.3. The van der Waals surface area contributed by atoms with Crippen molar-refractivity contribution in [1.82, 2.24) is 5.32 Å². The molecule has 3 aromatic carbocycles. The zero-order valence-electron chi connectivity index (χ0n) is 36.0. The van der Waals surface area contributed by atoms with Crippen LogP contribution in [0.3, 0.4) is 0 Å². The van der Waals surface area contributed by atoms with E-state index in [4.69, 9.17) is 18.9 Å². The van der Waals surface area contributed by atoms with Gasteiger partial charge in [-0.15, -0.1) is 0 Å². The Morgan fingerprint density at radius 3 is 2.00 bits per heavy atom. The van der Waals surface area contributed by atoms with Crippen LogP contribution in [0.15, 0.2) is 102 Å². The Kier molecular flexibility index (Phi) is 17.0. The Hall–Kier alpha value is -1.73. The van der Waals surface area contributed by atoms with Crippen LogP contribution in [-0.2, 0) is 37.6 Å². The fourth-order valence-electron chi connectivity index (χ4n) is 10.1. The van der Waals surface area contributed by atoms with Gasteiger partial charge in [0.25, 0.3) is 5.91 Å². The van der Waals surface area contributed by atoms with Crippen molar-refractivity contribution < 1.29 is 160 Å². The van der Waals surface area contributed by atoms with Crippen molar-refractivity contribution in [3.05, 3.63) is 119 Å². The van der Waals surface area contributed by atoms with E-state index in [1.807, 2.05) is 0 Å². The van der Waals surface area contributed by atoms with Gasteiger partial charge in [-0.25, -0.2) is 9.36 Å². The van der Waals surface area contributed by atoms with Gasteiger partial charge < -0.3 is 49.4 Å². The Morgan fingerprint density at radius 1 is 0.891 bits per heavy atom. The van der Waals surface area contributed by atoms with Crippen molar-refractivity contribution in [3.63, 3.8) is 0 Å². The summed E-state index contributed by atoms with van der Waals surface area (Å²) in [4.78, 5) is 76.2. The number of phosphoric acid groups is 1. The maximum atomic E-state index is 15.2. The van der Waals surface area contributed by atoms with Crippen LogP contribution in [0.4, 0.5) is 0 Å². The van der Waals surface area contributed by atoms with Gasteiger partial charge in [0.2, 0.25) is 0 Å². The minimum atomic E-state index is -5.07. The van der Waals surface area contributed by atoms with Crippen LogP contribution in [-0.4, -0.2) is 104 Å². The van der Waals surface area contributed by atoms with Gasteiger partial charge in [-0.05, 0) is 61.7 Å². The van der Waals surface area contributed by atoms with Gasteiger partial charge in [-0.1, -0.05) is 80.6 Å². The smallest absolute Gasteiger partial charge is 0.457 e. The number of hydrogen-bond donors (Lipinski definition) is 6. The third-order valence-corrected chi connectivity index (χ3v) is 14.1. The molecule has 64 heavy (non-hydrogen) atoms. The number of ketones is 1. The van der Waals surface area contributed by atoms with Gasteiger partial charge in [-0.3, -0.25) is 18.9 Å². The Morgan fingerprint density at radius 2 is 1.45 bits per heavy atom. The van der Waals surface area contributed by atoms with E-state index in [-0.39, 0.29) is 118 Å². The normalized spacial score (nSPS) is 31.4. The molecule has 1 aliphatic heterocycles. The summed E-state index contributed by atoms with van der Waals surface area (Å²) in [6.07, 6.45) is -8.36. The number of nitrogens with one attached hydrogen (secondary N) is 1. The summed E-state index contributed by atoms with van der Waals surface area (Å²) in [5.41, 5.74) is -6.80. The number of phosphoric ester groups is 1. The average molecular weight is 1330 g/mol. The molecular weight excluding hydrogens is 1280 g/mol. The summed E-state index contributed by atoms with van der Waals surface area (Å²) in [5, 5.41) is 41.4. The third kappa shape index (κ3) is 9.76. The first-order chi connectivity index (χ1) is 29.1. The number of esters is 2. The minimum Gasteiger partial charge on any atom is -0.457 e. The number of Topliss-reactive ketones (excluding diaryl/α,β-unsaturated/α-hetero) is 1. The second kappa shape index (κ2) is 20.5. The quantitative estimate of drug-likeness (QED) is 0.0651. The molecule has 2 radical (unpaired) electrons. The first kappa shape index (κ1) is 53.2. The number of ether oxygens (including phenoxy) is 4. The third-order valence-electron chi connectivity index (χ3n) is 13.7. The number of rotatable bonds is 12. The van der Waals surface area contributed by atoms with Gasteiger partial charge in [0.1, 0.15) is 29.5 Å². The minimum absolute atomic E-state index is 0. The zero-order chi connectivity index (χ0) is 45.0. The van der Waals surface area contributed by atoms with E-state index < -0.39 is 115 Å². The number of aliphatic hydroxyl groups is 3. The van der Waals surface area contributed by atoms with Gasteiger partial charge in [0.05, 0.1) is 41.8 Å². The largest absolute Gasteiger partial charge is 0.471 e. The average Bonchev–Trinajstić information content (AvgIpc) is 3.24. The van der Waals surface area contributed by atoms with E-state index in [9.17, 15) is 44.1 Å². The summed E-state index contributed by atoms with van der Waals surface area (Å²) in [5.74, 6) is -5.76. The molecule has 19 heteroatoms. The van der Waals surface area contributed by atoms with Crippen molar-refractivity contribution in [3.8, 4) is 0 Å². The van der Waals surface area contributed by atoms with Crippen LogP contribution in [0.25, 0.3) is 0 Å². The van der Waals surface area contributed by atoms with Gasteiger partial charge in [-0.2, -0.15) is 0 Å². The molecule has 6 N–H and O–H groups in total. The zero-order valence-corrected chi connectivity index (χ0v) is 46.4. The summed E-state index contributed by atoms with van der Waals surface area (Å²) in [6.45, 7) is 6.24. The predicted molar refractivity (Wildman–Crippen MR) is 219 cm³/mol. The van der Waals surface area contributed by atoms with Gasteiger partial charge >= 0.3 is 19.8 Å². The number of hydrogen-bond acceptors (Lipinski definition) is 13. The van der Waals surface area contributed by atoms with Gasteiger partial charge in [0.15, 0.2) is 12.6 Å². The van der Waals surface area contributed by atoms with E-state index in [0.29, 0.717) is 11.1 Å². The van der Waals surface area contributed by atoms with E-state index in [1.54, 1.807) is 107 Å². The molecule has 3 aliphatic carbocycles. The molecule has 2 bridgehead atoms. The topological polar surface area (TPSA) is 245 Å². The van der Waals surface area contributed by atoms with Crippen LogP contribution in [0.5, 0.6) is 0 Å². The molecule has 3 fully saturated rings. The summed E-state index contributed by atoms with van der Waals surface area (Å²) >= 11 is 0. The van der Waals surface area contributed by atoms with Crippen molar-refractivity contribution in [2.45, 2.75) is 95.2 Å². The molecule has 1 heterocycles. The molecule has 16 nitrogen and oxygen atoms in total. The van der Waals surface area contributed by atoms with Crippen LogP contribution in [0.1, 0.15) is 79.8 Å². The fourth-order valence-corrected chi connectivity index (χ4v) is 10.3. The number of carbonyl (C=O) groups is 4. The van der Waals surface area contributed by atoms with E-state index in [1.165, 1.54) is 19.1 Å². The van der Waals surface area contributed by atoms with Crippen LogP contribution < -0.4 is 5.32 Å². The van der Waals surface area contributed by atoms with Crippen LogP contribution >= 0.6 is 7.82 Å². The van der Waals surface area contributed by atoms with Crippen molar-refractivity contribution in [2.24, 2.45) is 22.7 Å². The van der Waals surface area contributed by atoms with E-state index in [2.05, 4.69) is 9.84 Å². The molecule has 0 aromatic heterocycles. The fraction of sp³-hybridized carbons (Fsp3) is 0.467. The molecule has 4 aliphatic rings. The number of aliphatic hydroxyl groups excluding tert-OH is 1. The molecule has 8 unspecified atom stereocenters. The molecule has 1 amide bonds. The van der Waals surface area contributed by atoms with Crippen molar-refractivity contribution in [2.75, 3.05) is 13.4 Å². The molecular formula is C45H52Ac2NO15P. The maximum absolute atomic E-state index is 15.2. The molecule has 11 atom stereocenters. The molecule has 0 spiro atoms. The number of amides is 1. The molecule has 2 saturated carbocycles. The monoisotopic (exact) mass is 1330 g/mol. The van der Waals surface area contributed by atoms with E-state index >= 15 is 4.79 Å². The summed E-state index contributed by atoms with van der Waals surface area (Å²) in [7, 11) is -5.07. The SMILES string of the molecule is CC1=C2C(O)C(=O)[C@]3(C)C(OCOP(=O)(O)O)CC4OC[C@@]4(O)C3C(OC(=O)c3ccccc3)C(O)(CC1OC(=O)[C@H](C)C(NC(=O)c1ccccc1)c1ccccc1)C2(C)C.[Ac].[Ac]. The van der Waals surface area contributed by atoms with Crippen LogP contribution in [0, 0.1) is 111 Å². The Labute approximate surface area is 442 Å². The Bertz CT molecular complexity index is 2280. The molecule has 3 aromatic rings.